The summed E-state index contributed by atoms with van der Waals surface area (Å²) in [6.45, 7) is 3.16. The first kappa shape index (κ1) is 12.5. The van der Waals surface area contributed by atoms with E-state index >= 15 is 0 Å². The lowest BCUT2D eigenvalue weighted by atomic mass is 10.1. The molecule has 98 valence electrons. The predicted molar refractivity (Wildman–Crippen MR) is 82.6 cm³/mol. The zero-order valence-corrected chi connectivity index (χ0v) is 11.8. The fourth-order valence-corrected chi connectivity index (χ4v) is 3.13. The van der Waals surface area contributed by atoms with E-state index in [4.69, 9.17) is 0 Å². The van der Waals surface area contributed by atoms with Crippen molar-refractivity contribution in [2.24, 2.45) is 0 Å². The van der Waals surface area contributed by atoms with Crippen LogP contribution in [0.2, 0.25) is 0 Å². The van der Waals surface area contributed by atoms with E-state index < -0.39 is 0 Å². The second-order valence-electron chi connectivity index (χ2n) is 4.96. The molecule has 0 fully saturated rings. The Morgan fingerprint density at radius 1 is 1.26 bits per heavy atom. The van der Waals surface area contributed by atoms with Crippen LogP contribution < -0.4 is 5.32 Å². The van der Waals surface area contributed by atoms with Crippen LogP contribution in [0.1, 0.15) is 17.4 Å². The number of aromatic nitrogens is 1. The number of fused-ring (bicyclic) bond motifs is 1. The van der Waals surface area contributed by atoms with Crippen LogP contribution in [0.4, 0.5) is 0 Å². The van der Waals surface area contributed by atoms with Crippen molar-refractivity contribution in [3.8, 4) is 0 Å². The van der Waals surface area contributed by atoms with Gasteiger partial charge in [0.2, 0.25) is 0 Å². The van der Waals surface area contributed by atoms with Crippen molar-refractivity contribution < 1.29 is 0 Å². The second kappa shape index (κ2) is 5.59. The summed E-state index contributed by atoms with van der Waals surface area (Å²) < 4.78 is 0. The van der Waals surface area contributed by atoms with Crippen LogP contribution >= 0.6 is 11.3 Å². The molecule has 0 radical (unpaired) electrons. The summed E-state index contributed by atoms with van der Waals surface area (Å²) in [4.78, 5) is 4.70. The van der Waals surface area contributed by atoms with Gasteiger partial charge in [-0.2, -0.15) is 0 Å². The maximum atomic E-state index is 3.59. The van der Waals surface area contributed by atoms with Crippen molar-refractivity contribution in [3.05, 3.63) is 58.4 Å². The molecule has 1 aromatic carbocycles. The van der Waals surface area contributed by atoms with Crippen LogP contribution in [-0.2, 0) is 13.0 Å². The Bertz CT molecular complexity index is 640. The van der Waals surface area contributed by atoms with Gasteiger partial charge in [0.05, 0.1) is 0 Å². The van der Waals surface area contributed by atoms with Gasteiger partial charge in [-0.05, 0) is 47.9 Å². The second-order valence-corrected chi connectivity index (χ2v) is 6.00. The van der Waals surface area contributed by atoms with Gasteiger partial charge in [-0.15, -0.1) is 11.3 Å². The number of aromatic amines is 1. The largest absolute Gasteiger partial charge is 0.361 e. The molecule has 1 unspecified atom stereocenters. The number of rotatable bonds is 5. The molecule has 3 aromatic rings. The van der Waals surface area contributed by atoms with E-state index in [-0.39, 0.29) is 0 Å². The Morgan fingerprint density at radius 3 is 3.05 bits per heavy atom. The molecule has 2 nitrogen and oxygen atoms in total. The molecule has 2 aromatic heterocycles. The number of thiophene rings is 1. The van der Waals surface area contributed by atoms with Crippen LogP contribution in [0, 0.1) is 0 Å². The normalized spacial score (nSPS) is 12.9. The lowest BCUT2D eigenvalue weighted by molar-refractivity contribution is 0.549. The van der Waals surface area contributed by atoms with E-state index in [0.717, 1.165) is 13.0 Å². The standard InChI is InChI=1S/C16H18N2S/c1-12(9-15-3-2-8-19-15)18-11-13-4-5-14-6-7-17-16(14)10-13/h2-8,10,12,17-18H,9,11H2,1H3. The molecule has 3 heteroatoms. The molecule has 2 N–H and O–H groups in total. The van der Waals surface area contributed by atoms with Gasteiger partial charge in [-0.3, -0.25) is 0 Å². The molecule has 2 heterocycles. The monoisotopic (exact) mass is 270 g/mol. The van der Waals surface area contributed by atoms with Gasteiger partial charge >= 0.3 is 0 Å². The Morgan fingerprint density at radius 2 is 2.21 bits per heavy atom. The quantitative estimate of drug-likeness (QED) is 0.722. The van der Waals surface area contributed by atoms with Crippen molar-refractivity contribution in [2.75, 3.05) is 0 Å². The Kier molecular flexibility index (Phi) is 3.67. The van der Waals surface area contributed by atoms with Crippen molar-refractivity contribution in [3.63, 3.8) is 0 Å². The molecule has 0 aliphatic carbocycles. The minimum absolute atomic E-state index is 0.498. The molecule has 0 aliphatic heterocycles. The van der Waals surface area contributed by atoms with Gasteiger partial charge in [0.25, 0.3) is 0 Å². The van der Waals surface area contributed by atoms with Crippen molar-refractivity contribution >= 4 is 22.2 Å². The van der Waals surface area contributed by atoms with E-state index in [2.05, 4.69) is 59.0 Å². The number of benzene rings is 1. The zero-order chi connectivity index (χ0) is 13.1. The van der Waals surface area contributed by atoms with Crippen LogP contribution in [0.5, 0.6) is 0 Å². The highest BCUT2D eigenvalue weighted by Gasteiger charge is 2.04. The molecule has 0 saturated carbocycles. The Hall–Kier alpha value is -1.58. The van der Waals surface area contributed by atoms with Gasteiger partial charge in [0.15, 0.2) is 0 Å². The van der Waals surface area contributed by atoms with Gasteiger partial charge < -0.3 is 10.3 Å². The van der Waals surface area contributed by atoms with Crippen molar-refractivity contribution in [2.45, 2.75) is 25.9 Å². The summed E-state index contributed by atoms with van der Waals surface area (Å²) in [6.07, 6.45) is 3.09. The summed E-state index contributed by atoms with van der Waals surface area (Å²) >= 11 is 1.83. The highest BCUT2D eigenvalue weighted by atomic mass is 32.1. The van der Waals surface area contributed by atoms with Crippen LogP contribution in [-0.4, -0.2) is 11.0 Å². The number of nitrogens with one attached hydrogen (secondary N) is 2. The van der Waals surface area contributed by atoms with Gasteiger partial charge in [0, 0.05) is 29.2 Å². The Labute approximate surface area is 117 Å². The highest BCUT2D eigenvalue weighted by molar-refractivity contribution is 7.09. The predicted octanol–water partition coefficient (Wildman–Crippen LogP) is 3.95. The van der Waals surface area contributed by atoms with E-state index in [1.54, 1.807) is 0 Å². The zero-order valence-electron chi connectivity index (χ0n) is 11.0. The molecule has 0 bridgehead atoms. The van der Waals surface area contributed by atoms with E-state index in [9.17, 15) is 0 Å². The summed E-state index contributed by atoms with van der Waals surface area (Å²) in [5, 5.41) is 7.00. The molecule has 3 rings (SSSR count). The third kappa shape index (κ3) is 3.06. The lowest BCUT2D eigenvalue weighted by Gasteiger charge is -2.13. The average Bonchev–Trinajstić information content (AvgIpc) is 3.06. The van der Waals surface area contributed by atoms with Crippen LogP contribution in [0.3, 0.4) is 0 Å². The minimum Gasteiger partial charge on any atom is -0.361 e. The third-order valence-corrected chi connectivity index (χ3v) is 4.26. The maximum absolute atomic E-state index is 3.59. The van der Waals surface area contributed by atoms with E-state index in [1.807, 2.05) is 17.5 Å². The summed E-state index contributed by atoms with van der Waals surface area (Å²) in [7, 11) is 0. The summed E-state index contributed by atoms with van der Waals surface area (Å²) in [5.74, 6) is 0. The molecule has 0 spiro atoms. The van der Waals surface area contributed by atoms with Crippen molar-refractivity contribution in [1.29, 1.82) is 0 Å². The lowest BCUT2D eigenvalue weighted by Crippen LogP contribution is -2.27. The smallest absolute Gasteiger partial charge is 0.0457 e. The molecule has 0 saturated heterocycles. The molecular weight excluding hydrogens is 252 g/mol. The number of hydrogen-bond acceptors (Lipinski definition) is 2. The fraction of sp³-hybridized carbons (Fsp3) is 0.250. The third-order valence-electron chi connectivity index (χ3n) is 3.36. The van der Waals surface area contributed by atoms with Gasteiger partial charge in [-0.1, -0.05) is 18.2 Å². The first-order valence-corrected chi connectivity index (χ1v) is 7.51. The number of H-pyrrole nitrogens is 1. The van der Waals surface area contributed by atoms with Crippen LogP contribution in [0.25, 0.3) is 10.9 Å². The van der Waals surface area contributed by atoms with E-state index in [0.29, 0.717) is 6.04 Å². The molecule has 19 heavy (non-hydrogen) atoms. The Balaban J connectivity index is 1.59. The SMILES string of the molecule is CC(Cc1cccs1)NCc1ccc2cc[nH]c2c1. The molecular formula is C16H18N2S. The summed E-state index contributed by atoms with van der Waals surface area (Å²) in [5.41, 5.74) is 2.54. The first-order valence-electron chi connectivity index (χ1n) is 6.63. The van der Waals surface area contributed by atoms with Gasteiger partial charge in [-0.25, -0.2) is 0 Å². The maximum Gasteiger partial charge on any atom is 0.0457 e. The number of hydrogen-bond donors (Lipinski definition) is 2. The highest BCUT2D eigenvalue weighted by Crippen LogP contribution is 2.15. The molecule has 1 atom stereocenters. The first-order chi connectivity index (χ1) is 9.31. The fourth-order valence-electron chi connectivity index (χ4n) is 2.30. The van der Waals surface area contributed by atoms with Gasteiger partial charge in [0.1, 0.15) is 0 Å². The van der Waals surface area contributed by atoms with Crippen molar-refractivity contribution in [1.82, 2.24) is 10.3 Å². The minimum atomic E-state index is 0.498. The van der Waals surface area contributed by atoms with Crippen LogP contribution in [0.15, 0.2) is 48.0 Å². The summed E-state index contributed by atoms with van der Waals surface area (Å²) in [6, 6.07) is 13.5. The average molecular weight is 270 g/mol. The topological polar surface area (TPSA) is 27.8 Å². The molecule has 0 aliphatic rings. The molecule has 0 amide bonds. The van der Waals surface area contributed by atoms with E-state index in [1.165, 1.54) is 21.3 Å².